The molecule has 3 atom stereocenters. The van der Waals surface area contributed by atoms with Gasteiger partial charge < -0.3 is 45.9 Å². The van der Waals surface area contributed by atoms with Crippen molar-refractivity contribution in [3.63, 3.8) is 0 Å². The molecule has 0 aromatic rings. The van der Waals surface area contributed by atoms with E-state index in [0.717, 1.165) is 96.9 Å². The summed E-state index contributed by atoms with van der Waals surface area (Å²) >= 11 is 0. The zero-order chi connectivity index (χ0) is 54.6. The summed E-state index contributed by atoms with van der Waals surface area (Å²) in [6.07, 6.45) is 19.7. The second-order valence-corrected chi connectivity index (χ2v) is 25.8. The van der Waals surface area contributed by atoms with Gasteiger partial charge in [-0.05, 0) is 126 Å². The highest BCUT2D eigenvalue weighted by Gasteiger charge is 2.37. The third-order valence-electron chi connectivity index (χ3n) is 16.6. The average molecular weight is 1130 g/mol. The summed E-state index contributed by atoms with van der Waals surface area (Å²) in [7, 11) is 0. The molecule has 78 heavy (non-hydrogen) atoms. The standard InChI is InChI=1S/C22H41N3O3.C20H39N3O2.C17H33N3O.2CH4.ClH.H2N/c1-17(2)25(18(3)26)16-20(19-10-8-7-9-11-19)23-12-14-24(15-13-23)21(27)28-22(4,5)6;1-16(2)21-15-18(17-9-7-6-8-10-17)22-11-13-23(14-12-22)19(24)25-20(3,4)5;1-14(2)20(15(3)21)13-17(16-7-5-4-6-8-16)19-11-9-18-10-12-19;;;;/h17,19-20H,7-16H2,1-6H3;16-18,21H,6-15H2,1-5H3;14,16-18H,4-13H2,1-3H3;2*1H4;1H;1H2/q;;;;;;-1. The van der Waals surface area contributed by atoms with Gasteiger partial charge in [-0.1, -0.05) is 86.5 Å². The molecule has 6 fully saturated rings. The van der Waals surface area contributed by atoms with Crippen LogP contribution in [0.5, 0.6) is 0 Å². The average Bonchev–Trinajstić information content (AvgIpc) is 3.35. The largest absolute Gasteiger partial charge is 0.693 e. The van der Waals surface area contributed by atoms with Crippen LogP contribution < -0.4 is 10.6 Å². The number of rotatable bonds is 15. The van der Waals surface area contributed by atoms with Crippen molar-refractivity contribution < 1.29 is 28.7 Å². The smallest absolute Gasteiger partial charge is 0.410 e. The van der Waals surface area contributed by atoms with Crippen LogP contribution in [0.2, 0.25) is 0 Å². The minimum Gasteiger partial charge on any atom is -0.693 e. The summed E-state index contributed by atoms with van der Waals surface area (Å²) in [6, 6.07) is 2.58. The lowest BCUT2D eigenvalue weighted by atomic mass is 9.82. The third kappa shape index (κ3) is 26.6. The fraction of sp³-hybridized carbons (Fsp3) is 0.934. The molecule has 3 heterocycles. The van der Waals surface area contributed by atoms with E-state index in [4.69, 9.17) is 9.47 Å². The minimum absolute atomic E-state index is 0. The van der Waals surface area contributed by atoms with Crippen LogP contribution >= 0.6 is 12.4 Å². The summed E-state index contributed by atoms with van der Waals surface area (Å²) in [5, 5.41) is 7.11. The summed E-state index contributed by atoms with van der Waals surface area (Å²) in [5.41, 5.74) is -0.877. The van der Waals surface area contributed by atoms with Crippen molar-refractivity contribution in [3.05, 3.63) is 6.15 Å². The molecule has 3 saturated carbocycles. The molecular weight excluding hydrogens is 1000 g/mol. The van der Waals surface area contributed by atoms with Crippen LogP contribution in [0.1, 0.15) is 208 Å². The van der Waals surface area contributed by atoms with Crippen LogP contribution in [0, 0.1) is 17.8 Å². The number of hydrogen-bond donors (Lipinski definition) is 2. The number of nitrogens with one attached hydrogen (secondary N) is 2. The van der Waals surface area contributed by atoms with Crippen molar-refractivity contribution in [1.29, 1.82) is 0 Å². The van der Waals surface area contributed by atoms with Gasteiger partial charge >= 0.3 is 12.2 Å². The number of nitrogens with zero attached hydrogens (tertiary/aromatic N) is 7. The van der Waals surface area contributed by atoms with Crippen LogP contribution in [-0.2, 0) is 19.1 Å². The van der Waals surface area contributed by atoms with Crippen molar-refractivity contribution in [3.8, 4) is 0 Å². The van der Waals surface area contributed by atoms with Gasteiger partial charge in [-0.15, -0.1) is 12.4 Å². The van der Waals surface area contributed by atoms with Gasteiger partial charge in [0.25, 0.3) is 0 Å². The minimum atomic E-state index is -0.460. The van der Waals surface area contributed by atoms with E-state index in [0.29, 0.717) is 49.2 Å². The Morgan fingerprint density at radius 1 is 0.500 bits per heavy atom. The summed E-state index contributed by atoms with van der Waals surface area (Å²) in [4.78, 5) is 64.4. The lowest BCUT2D eigenvalue weighted by Crippen LogP contribution is -2.58. The predicted molar refractivity (Wildman–Crippen MR) is 328 cm³/mol. The number of piperazine rings is 3. The van der Waals surface area contributed by atoms with Crippen LogP contribution in [0.15, 0.2) is 0 Å². The highest BCUT2D eigenvalue weighted by Crippen LogP contribution is 2.33. The molecular formula is C61H124ClN10O6-. The lowest BCUT2D eigenvalue weighted by Gasteiger charge is -2.45. The van der Waals surface area contributed by atoms with E-state index in [1.54, 1.807) is 13.8 Å². The van der Waals surface area contributed by atoms with Crippen LogP contribution in [0.4, 0.5) is 9.59 Å². The molecule has 0 radical (unpaired) electrons. The molecule has 0 bridgehead atoms. The maximum atomic E-state index is 12.4. The van der Waals surface area contributed by atoms with Crippen LogP contribution in [-0.4, -0.2) is 204 Å². The van der Waals surface area contributed by atoms with E-state index in [1.165, 1.54) is 96.3 Å². The molecule has 3 saturated heterocycles. The first-order chi connectivity index (χ1) is 34.9. The SMILES string of the molecule is C.C.CC(=O)N(CC(C1CCCCC1)N1CCN(C(=O)OC(C)(C)C)CC1)C(C)C.CC(=O)N(CC(C1CCCCC1)N1CCNCC1)C(C)C.CC(C)NCC(C1CCCCC1)N1CCN(C(=O)OC(C)(C)C)CC1.Cl.[NH2-]. The molecule has 4 amide bonds. The van der Waals surface area contributed by atoms with E-state index >= 15 is 0 Å². The number of carbonyl (C=O) groups is 4. The van der Waals surface area contributed by atoms with Gasteiger partial charge in [0.15, 0.2) is 0 Å². The van der Waals surface area contributed by atoms with Gasteiger partial charge in [-0.3, -0.25) is 24.3 Å². The first-order valence-electron chi connectivity index (χ1n) is 30.1. The Bertz CT molecular complexity index is 1610. The quantitative estimate of drug-likeness (QED) is 0.160. The van der Waals surface area contributed by atoms with Crippen molar-refractivity contribution >= 4 is 36.4 Å². The number of amides is 4. The highest BCUT2D eigenvalue weighted by molar-refractivity contribution is 5.85. The van der Waals surface area contributed by atoms with Crippen molar-refractivity contribution in [2.45, 2.75) is 256 Å². The maximum Gasteiger partial charge on any atom is 0.410 e. The fourth-order valence-corrected chi connectivity index (χ4v) is 12.6. The van der Waals surface area contributed by atoms with Gasteiger partial charge in [0, 0.05) is 148 Å². The van der Waals surface area contributed by atoms with Crippen molar-refractivity contribution in [2.75, 3.05) is 98.2 Å². The summed E-state index contributed by atoms with van der Waals surface area (Å²) in [5.74, 6) is 2.59. The molecule has 4 N–H and O–H groups in total. The second-order valence-electron chi connectivity index (χ2n) is 25.8. The van der Waals surface area contributed by atoms with E-state index in [9.17, 15) is 19.2 Å². The number of halogens is 1. The molecule has 3 unspecified atom stereocenters. The van der Waals surface area contributed by atoms with E-state index in [1.807, 2.05) is 56.2 Å². The molecule has 16 nitrogen and oxygen atoms in total. The van der Waals surface area contributed by atoms with Gasteiger partial charge in [-0.25, -0.2) is 9.59 Å². The molecule has 3 aliphatic carbocycles. The van der Waals surface area contributed by atoms with Crippen molar-refractivity contribution in [1.82, 2.24) is 44.9 Å². The molecule has 0 aromatic carbocycles. The van der Waals surface area contributed by atoms with Gasteiger partial charge in [0.1, 0.15) is 11.2 Å². The van der Waals surface area contributed by atoms with Crippen LogP contribution in [0.3, 0.4) is 0 Å². The Morgan fingerprint density at radius 2 is 0.795 bits per heavy atom. The monoisotopic (exact) mass is 1130 g/mol. The molecule has 6 rings (SSSR count). The Morgan fingerprint density at radius 3 is 1.08 bits per heavy atom. The maximum absolute atomic E-state index is 12.4. The topological polar surface area (TPSA) is 167 Å². The van der Waals surface area contributed by atoms with Gasteiger partial charge in [-0.2, -0.15) is 0 Å². The molecule has 17 heteroatoms. The Labute approximate surface area is 485 Å². The zero-order valence-electron chi connectivity index (χ0n) is 51.0. The van der Waals surface area contributed by atoms with Gasteiger partial charge in [0.2, 0.25) is 11.8 Å². The number of carbonyl (C=O) groups excluding carboxylic acids is 4. The van der Waals surface area contributed by atoms with E-state index in [2.05, 4.69) is 71.8 Å². The first kappa shape index (κ1) is 75.5. The first-order valence-corrected chi connectivity index (χ1v) is 30.1. The molecule has 6 aliphatic rings. The second kappa shape index (κ2) is 37.6. The normalized spacial score (nSPS) is 20.9. The summed E-state index contributed by atoms with van der Waals surface area (Å²) < 4.78 is 11.1. The lowest BCUT2D eigenvalue weighted by molar-refractivity contribution is -0.132. The fourth-order valence-electron chi connectivity index (χ4n) is 12.6. The Hall–Kier alpha value is -2.47. The molecule has 462 valence electrons. The predicted octanol–water partition coefficient (Wildman–Crippen LogP) is 11.7. The third-order valence-corrected chi connectivity index (χ3v) is 16.6. The molecule has 0 aromatic heterocycles. The van der Waals surface area contributed by atoms with Gasteiger partial charge in [0.05, 0.1) is 0 Å². The summed E-state index contributed by atoms with van der Waals surface area (Å²) in [6.45, 7) is 41.6. The zero-order valence-corrected chi connectivity index (χ0v) is 51.8. The molecule has 0 spiro atoms. The van der Waals surface area contributed by atoms with Crippen LogP contribution in [0.25, 0.3) is 6.15 Å². The number of nitrogens with two attached hydrogens (primary N) is 1. The highest BCUT2D eigenvalue weighted by atomic mass is 35.5. The number of hydrogen-bond acceptors (Lipinski definition) is 11. The Balaban J connectivity index is 0.00000112. The molecule has 3 aliphatic heterocycles. The van der Waals surface area contributed by atoms with E-state index < -0.39 is 11.2 Å². The van der Waals surface area contributed by atoms with Crippen molar-refractivity contribution in [2.24, 2.45) is 17.8 Å². The number of ether oxygens (including phenoxy) is 2. The Kier molecular flexibility index (Phi) is 36.4. The van der Waals surface area contributed by atoms with E-state index in [-0.39, 0.29) is 63.5 Å².